The van der Waals surface area contributed by atoms with Crippen LogP contribution in [0.1, 0.15) is 26.7 Å². The van der Waals surface area contributed by atoms with E-state index in [2.05, 4.69) is 4.98 Å². The van der Waals surface area contributed by atoms with Gasteiger partial charge < -0.3 is 4.74 Å². The van der Waals surface area contributed by atoms with Crippen LogP contribution in [0.15, 0.2) is 42.6 Å². The number of carbonyl (C=O) groups is 3. The average Bonchev–Trinajstić information content (AvgIpc) is 2.61. The zero-order valence-electron chi connectivity index (χ0n) is 15.8. The third-order valence-corrected chi connectivity index (χ3v) is 4.42. The average molecular weight is 385 g/mol. The summed E-state index contributed by atoms with van der Waals surface area (Å²) in [4.78, 5) is 43.2. The van der Waals surface area contributed by atoms with Gasteiger partial charge in [0.25, 0.3) is 0 Å². The molecule has 1 aliphatic heterocycles. The van der Waals surface area contributed by atoms with E-state index in [9.17, 15) is 18.8 Å². The van der Waals surface area contributed by atoms with Crippen molar-refractivity contribution in [2.45, 2.75) is 26.7 Å². The van der Waals surface area contributed by atoms with Gasteiger partial charge in [0.2, 0.25) is 17.7 Å². The number of rotatable bonds is 3. The van der Waals surface area contributed by atoms with Crippen LogP contribution in [0.4, 0.5) is 20.6 Å². The van der Waals surface area contributed by atoms with Gasteiger partial charge in [-0.05, 0) is 35.7 Å². The Balaban J connectivity index is 1.69. The van der Waals surface area contributed by atoms with Crippen molar-refractivity contribution in [1.29, 1.82) is 0 Å². The SMILES string of the molecule is CN(C(=O)Oc1ccc(N2C(=O)CC(C)(C)CC2=O)cn1)c1ccc(F)cc1. The number of nitrogens with zero attached hydrogens (tertiary/aromatic N) is 3. The third-order valence-electron chi connectivity index (χ3n) is 4.42. The van der Waals surface area contributed by atoms with Crippen LogP contribution in [0.5, 0.6) is 5.88 Å². The Kier molecular flexibility index (Phi) is 5.13. The lowest BCUT2D eigenvalue weighted by atomic mass is 9.81. The topological polar surface area (TPSA) is 79.8 Å². The van der Waals surface area contributed by atoms with Gasteiger partial charge in [0.05, 0.1) is 11.9 Å². The minimum Gasteiger partial charge on any atom is -0.391 e. The maximum atomic E-state index is 13.0. The Bertz CT molecular complexity index is 890. The van der Waals surface area contributed by atoms with E-state index in [4.69, 9.17) is 4.74 Å². The fourth-order valence-electron chi connectivity index (χ4n) is 2.96. The number of piperidine rings is 1. The second-order valence-corrected chi connectivity index (χ2v) is 7.40. The molecule has 0 N–H and O–H groups in total. The smallest absolute Gasteiger partial charge is 0.391 e. The molecule has 0 unspecified atom stereocenters. The fraction of sp³-hybridized carbons (Fsp3) is 0.300. The van der Waals surface area contributed by atoms with Gasteiger partial charge in [-0.1, -0.05) is 13.8 Å². The number of amides is 3. The molecule has 1 aromatic carbocycles. The standard InChI is InChI=1S/C20H20FN3O4/c1-20(2)10-17(25)24(18(26)11-20)15-8-9-16(22-12-15)28-19(27)23(3)14-6-4-13(21)5-7-14/h4-9,12H,10-11H2,1-3H3. The molecule has 2 aromatic rings. The van der Waals surface area contributed by atoms with Gasteiger partial charge in [0, 0.05) is 31.6 Å². The highest BCUT2D eigenvalue weighted by atomic mass is 19.1. The highest BCUT2D eigenvalue weighted by Crippen LogP contribution is 2.34. The molecule has 3 rings (SSSR count). The molecule has 1 aromatic heterocycles. The first-order chi connectivity index (χ1) is 13.2. The minimum absolute atomic E-state index is 0.0138. The number of anilines is 2. The van der Waals surface area contributed by atoms with Crippen LogP contribution in [-0.4, -0.2) is 29.9 Å². The summed E-state index contributed by atoms with van der Waals surface area (Å²) in [6, 6.07) is 8.28. The summed E-state index contributed by atoms with van der Waals surface area (Å²) in [6.07, 6.45) is 1.13. The van der Waals surface area contributed by atoms with Gasteiger partial charge in [-0.15, -0.1) is 0 Å². The molecular formula is C20H20FN3O4. The van der Waals surface area contributed by atoms with E-state index in [0.717, 1.165) is 4.90 Å². The first-order valence-corrected chi connectivity index (χ1v) is 8.69. The maximum absolute atomic E-state index is 13.0. The number of benzene rings is 1. The van der Waals surface area contributed by atoms with Gasteiger partial charge >= 0.3 is 6.09 Å². The summed E-state index contributed by atoms with van der Waals surface area (Å²) in [5.41, 5.74) is 0.422. The number of hydrogen-bond donors (Lipinski definition) is 0. The van der Waals surface area contributed by atoms with E-state index >= 15 is 0 Å². The minimum atomic E-state index is -0.710. The van der Waals surface area contributed by atoms with Gasteiger partial charge in [0.15, 0.2) is 0 Å². The predicted molar refractivity (Wildman–Crippen MR) is 101 cm³/mol. The number of pyridine rings is 1. The van der Waals surface area contributed by atoms with E-state index < -0.39 is 11.9 Å². The number of imide groups is 1. The number of hydrogen-bond acceptors (Lipinski definition) is 5. The molecule has 0 bridgehead atoms. The molecule has 7 nitrogen and oxygen atoms in total. The summed E-state index contributed by atoms with van der Waals surface area (Å²) in [5, 5.41) is 0. The Labute approximate surface area is 161 Å². The van der Waals surface area contributed by atoms with Crippen LogP contribution in [0.2, 0.25) is 0 Å². The molecule has 0 atom stereocenters. The first kappa shape index (κ1) is 19.5. The van der Waals surface area contributed by atoms with Crippen LogP contribution >= 0.6 is 0 Å². The van der Waals surface area contributed by atoms with Crippen molar-refractivity contribution in [1.82, 2.24) is 4.98 Å². The van der Waals surface area contributed by atoms with E-state index in [1.807, 2.05) is 13.8 Å². The Morgan fingerprint density at radius 1 is 1.11 bits per heavy atom. The van der Waals surface area contributed by atoms with Gasteiger partial charge in [-0.2, -0.15) is 0 Å². The molecule has 1 fully saturated rings. The van der Waals surface area contributed by atoms with E-state index in [-0.39, 0.29) is 36.0 Å². The number of ether oxygens (including phenoxy) is 1. The second kappa shape index (κ2) is 7.38. The van der Waals surface area contributed by atoms with Gasteiger partial charge in [-0.3, -0.25) is 14.5 Å². The van der Waals surface area contributed by atoms with E-state index in [1.54, 1.807) is 0 Å². The van der Waals surface area contributed by atoms with Gasteiger partial charge in [-0.25, -0.2) is 19.1 Å². The summed E-state index contributed by atoms with van der Waals surface area (Å²) in [5.74, 6) is -0.972. The zero-order valence-corrected chi connectivity index (χ0v) is 15.8. The second-order valence-electron chi connectivity index (χ2n) is 7.40. The van der Waals surface area contributed by atoms with E-state index in [1.165, 1.54) is 54.5 Å². The summed E-state index contributed by atoms with van der Waals surface area (Å²) in [7, 11) is 1.48. The van der Waals surface area contributed by atoms with Crippen molar-refractivity contribution in [3.05, 3.63) is 48.4 Å². The molecule has 0 radical (unpaired) electrons. The highest BCUT2D eigenvalue weighted by molar-refractivity contribution is 6.16. The van der Waals surface area contributed by atoms with Crippen molar-refractivity contribution in [3.8, 4) is 5.88 Å². The lowest BCUT2D eigenvalue weighted by molar-refractivity contribution is -0.132. The normalized spacial score (nSPS) is 16.1. The Morgan fingerprint density at radius 2 is 1.71 bits per heavy atom. The van der Waals surface area contributed by atoms with Crippen molar-refractivity contribution >= 4 is 29.3 Å². The molecule has 0 spiro atoms. The zero-order chi connectivity index (χ0) is 20.5. The maximum Gasteiger partial charge on any atom is 0.420 e. The molecule has 146 valence electrons. The number of halogens is 1. The summed E-state index contributed by atoms with van der Waals surface area (Å²) < 4.78 is 18.2. The molecule has 8 heteroatoms. The van der Waals surface area contributed by atoms with Crippen LogP contribution < -0.4 is 14.5 Å². The summed E-state index contributed by atoms with van der Waals surface area (Å²) >= 11 is 0. The Morgan fingerprint density at radius 3 is 2.25 bits per heavy atom. The predicted octanol–water partition coefficient (Wildman–Crippen LogP) is 3.54. The monoisotopic (exact) mass is 385 g/mol. The van der Waals surface area contributed by atoms with Crippen molar-refractivity contribution in [2.75, 3.05) is 16.8 Å². The molecule has 0 saturated carbocycles. The van der Waals surface area contributed by atoms with Crippen LogP contribution in [0, 0.1) is 11.2 Å². The molecule has 0 aliphatic carbocycles. The molecule has 1 saturated heterocycles. The molecule has 3 amide bonds. The van der Waals surface area contributed by atoms with Crippen molar-refractivity contribution in [3.63, 3.8) is 0 Å². The lowest BCUT2D eigenvalue weighted by Gasteiger charge is -2.34. The first-order valence-electron chi connectivity index (χ1n) is 8.69. The lowest BCUT2D eigenvalue weighted by Crippen LogP contribution is -2.46. The molecule has 28 heavy (non-hydrogen) atoms. The molecule has 1 aliphatic rings. The van der Waals surface area contributed by atoms with Crippen LogP contribution in [0.3, 0.4) is 0 Å². The largest absolute Gasteiger partial charge is 0.420 e. The third kappa shape index (κ3) is 4.16. The fourth-order valence-corrected chi connectivity index (χ4v) is 2.96. The van der Waals surface area contributed by atoms with Crippen molar-refractivity contribution < 1.29 is 23.5 Å². The molecule has 2 heterocycles. The van der Waals surface area contributed by atoms with Crippen molar-refractivity contribution in [2.24, 2.45) is 5.41 Å². The molecular weight excluding hydrogens is 365 g/mol. The van der Waals surface area contributed by atoms with Crippen LogP contribution in [0.25, 0.3) is 0 Å². The number of carbonyl (C=O) groups excluding carboxylic acids is 3. The van der Waals surface area contributed by atoms with Crippen LogP contribution in [-0.2, 0) is 9.59 Å². The van der Waals surface area contributed by atoms with E-state index in [0.29, 0.717) is 11.4 Å². The Hall–Kier alpha value is -3.29. The number of aromatic nitrogens is 1. The van der Waals surface area contributed by atoms with Gasteiger partial charge in [0.1, 0.15) is 5.82 Å². The highest BCUT2D eigenvalue weighted by Gasteiger charge is 2.38. The quantitative estimate of drug-likeness (QED) is 0.755. The summed E-state index contributed by atoms with van der Waals surface area (Å²) in [6.45, 7) is 3.75.